The molecular formula is C11H16N2O4S. The maximum absolute atomic E-state index is 12.1. The fraction of sp³-hybridized carbons (Fsp3) is 0.364. The summed E-state index contributed by atoms with van der Waals surface area (Å²) in [5, 5.41) is 2.44. The Hall–Kier alpha value is -1.60. The van der Waals surface area contributed by atoms with Gasteiger partial charge in [0.2, 0.25) is 10.0 Å². The fourth-order valence-corrected chi connectivity index (χ4v) is 2.44. The van der Waals surface area contributed by atoms with Crippen LogP contribution in [0.2, 0.25) is 0 Å². The minimum Gasteiger partial charge on any atom is -0.495 e. The van der Waals surface area contributed by atoms with E-state index in [4.69, 9.17) is 4.74 Å². The molecule has 1 aromatic rings. The third-order valence-corrected chi connectivity index (χ3v) is 4.25. The second-order valence-corrected chi connectivity index (χ2v) is 5.85. The summed E-state index contributed by atoms with van der Waals surface area (Å²) >= 11 is 0. The second-order valence-electron chi connectivity index (χ2n) is 3.73. The average Bonchev–Trinajstić information content (AvgIpc) is 2.36. The van der Waals surface area contributed by atoms with E-state index < -0.39 is 10.0 Å². The van der Waals surface area contributed by atoms with E-state index in [2.05, 4.69) is 5.32 Å². The maximum Gasteiger partial charge on any atom is 0.251 e. The number of hydrogen-bond acceptors (Lipinski definition) is 4. The summed E-state index contributed by atoms with van der Waals surface area (Å²) in [6, 6.07) is 4.26. The molecule has 1 amide bonds. The van der Waals surface area contributed by atoms with Crippen LogP contribution < -0.4 is 10.1 Å². The molecule has 0 heterocycles. The van der Waals surface area contributed by atoms with E-state index in [1.807, 2.05) is 0 Å². The topological polar surface area (TPSA) is 75.7 Å². The molecule has 0 saturated carbocycles. The van der Waals surface area contributed by atoms with E-state index in [0.717, 1.165) is 4.31 Å². The van der Waals surface area contributed by atoms with Crippen LogP contribution >= 0.6 is 0 Å². The van der Waals surface area contributed by atoms with Crippen LogP contribution in [0.25, 0.3) is 0 Å². The number of methoxy groups -OCH3 is 1. The molecule has 0 aliphatic carbocycles. The SMILES string of the molecule is CNC(=O)c1ccc(OC)c(S(=O)(=O)N(C)C)c1. The van der Waals surface area contributed by atoms with Crippen molar-refractivity contribution in [1.29, 1.82) is 0 Å². The molecule has 0 saturated heterocycles. The van der Waals surface area contributed by atoms with Crippen molar-refractivity contribution in [2.24, 2.45) is 0 Å². The lowest BCUT2D eigenvalue weighted by atomic mass is 10.2. The van der Waals surface area contributed by atoms with Gasteiger partial charge in [0.25, 0.3) is 5.91 Å². The van der Waals surface area contributed by atoms with Crippen LogP contribution in [-0.2, 0) is 10.0 Å². The summed E-state index contributed by atoms with van der Waals surface area (Å²) in [4.78, 5) is 11.5. The zero-order valence-electron chi connectivity index (χ0n) is 10.7. The summed E-state index contributed by atoms with van der Waals surface area (Å²) in [5.74, 6) is -0.149. The maximum atomic E-state index is 12.1. The van der Waals surface area contributed by atoms with Crippen molar-refractivity contribution in [2.75, 3.05) is 28.3 Å². The predicted molar refractivity (Wildman–Crippen MR) is 67.3 cm³/mol. The third kappa shape index (κ3) is 2.62. The van der Waals surface area contributed by atoms with Crippen molar-refractivity contribution in [1.82, 2.24) is 9.62 Å². The van der Waals surface area contributed by atoms with Crippen LogP contribution in [-0.4, -0.2) is 46.9 Å². The highest BCUT2D eigenvalue weighted by Crippen LogP contribution is 2.26. The Bertz CT molecular complexity index is 552. The van der Waals surface area contributed by atoms with Gasteiger partial charge in [0.05, 0.1) is 7.11 Å². The standard InChI is InChI=1S/C11H16N2O4S/c1-12-11(14)8-5-6-9(17-4)10(7-8)18(15,16)13(2)3/h5-7H,1-4H3,(H,12,14). The van der Waals surface area contributed by atoms with E-state index in [1.165, 1.54) is 46.5 Å². The first-order valence-electron chi connectivity index (χ1n) is 5.17. The van der Waals surface area contributed by atoms with E-state index in [9.17, 15) is 13.2 Å². The quantitative estimate of drug-likeness (QED) is 0.855. The number of amides is 1. The van der Waals surface area contributed by atoms with Gasteiger partial charge in [-0.15, -0.1) is 0 Å². The van der Waals surface area contributed by atoms with Crippen molar-refractivity contribution in [3.63, 3.8) is 0 Å². The molecule has 0 fully saturated rings. The number of benzene rings is 1. The Morgan fingerprint density at radius 3 is 2.39 bits per heavy atom. The smallest absolute Gasteiger partial charge is 0.251 e. The van der Waals surface area contributed by atoms with Gasteiger partial charge in [-0.05, 0) is 18.2 Å². The first kappa shape index (κ1) is 14.5. The van der Waals surface area contributed by atoms with Gasteiger partial charge < -0.3 is 10.1 Å². The zero-order valence-corrected chi connectivity index (χ0v) is 11.5. The van der Waals surface area contributed by atoms with Crippen molar-refractivity contribution in [3.8, 4) is 5.75 Å². The summed E-state index contributed by atoms with van der Waals surface area (Å²) in [7, 11) is 2.04. The van der Waals surface area contributed by atoms with Gasteiger partial charge in [0, 0.05) is 26.7 Å². The number of nitrogens with zero attached hydrogens (tertiary/aromatic N) is 1. The van der Waals surface area contributed by atoms with Crippen molar-refractivity contribution in [3.05, 3.63) is 23.8 Å². The lowest BCUT2D eigenvalue weighted by Crippen LogP contribution is -2.24. The van der Waals surface area contributed by atoms with Crippen LogP contribution in [0.5, 0.6) is 5.75 Å². The molecule has 1 rings (SSSR count). The summed E-state index contributed by atoms with van der Waals surface area (Å²) < 4.78 is 30.3. The zero-order chi connectivity index (χ0) is 13.9. The van der Waals surface area contributed by atoms with Crippen LogP contribution in [0.4, 0.5) is 0 Å². The molecule has 0 radical (unpaired) electrons. The molecule has 0 atom stereocenters. The van der Waals surface area contributed by atoms with Crippen LogP contribution in [0, 0.1) is 0 Å². The largest absolute Gasteiger partial charge is 0.495 e. The molecule has 0 bridgehead atoms. The third-order valence-electron chi connectivity index (χ3n) is 2.41. The summed E-state index contributed by atoms with van der Waals surface area (Å²) in [6.07, 6.45) is 0. The molecule has 0 aliphatic heterocycles. The minimum absolute atomic E-state index is 0.0314. The van der Waals surface area contributed by atoms with Gasteiger partial charge in [-0.3, -0.25) is 4.79 Å². The number of sulfonamides is 1. The Morgan fingerprint density at radius 2 is 1.94 bits per heavy atom. The summed E-state index contributed by atoms with van der Waals surface area (Å²) in [6.45, 7) is 0. The van der Waals surface area contributed by atoms with Gasteiger partial charge in [-0.2, -0.15) is 0 Å². The van der Waals surface area contributed by atoms with Crippen LogP contribution in [0.15, 0.2) is 23.1 Å². The van der Waals surface area contributed by atoms with E-state index in [0.29, 0.717) is 0 Å². The molecule has 0 aromatic heterocycles. The second kappa shape index (κ2) is 5.36. The Labute approximate surface area is 107 Å². The van der Waals surface area contributed by atoms with E-state index in [-0.39, 0.29) is 22.1 Å². The fourth-order valence-electron chi connectivity index (χ4n) is 1.36. The van der Waals surface area contributed by atoms with Gasteiger partial charge in [-0.1, -0.05) is 0 Å². The van der Waals surface area contributed by atoms with E-state index >= 15 is 0 Å². The number of carbonyl (C=O) groups is 1. The van der Waals surface area contributed by atoms with Crippen molar-refractivity contribution >= 4 is 15.9 Å². The monoisotopic (exact) mass is 272 g/mol. The Balaban J connectivity index is 3.45. The Morgan fingerprint density at radius 1 is 1.33 bits per heavy atom. The number of carbonyl (C=O) groups excluding carboxylic acids is 1. The van der Waals surface area contributed by atoms with Gasteiger partial charge in [-0.25, -0.2) is 12.7 Å². The molecule has 6 nitrogen and oxygen atoms in total. The minimum atomic E-state index is -3.66. The highest BCUT2D eigenvalue weighted by Gasteiger charge is 2.23. The molecule has 0 unspecified atom stereocenters. The van der Waals surface area contributed by atoms with Crippen LogP contribution in [0.1, 0.15) is 10.4 Å². The van der Waals surface area contributed by atoms with Crippen LogP contribution in [0.3, 0.4) is 0 Å². The first-order valence-corrected chi connectivity index (χ1v) is 6.61. The van der Waals surface area contributed by atoms with Gasteiger partial charge in [0.15, 0.2) is 0 Å². The predicted octanol–water partition coefficient (Wildman–Crippen LogP) is 0.305. The highest BCUT2D eigenvalue weighted by atomic mass is 32.2. The molecular weight excluding hydrogens is 256 g/mol. The lowest BCUT2D eigenvalue weighted by molar-refractivity contribution is 0.0963. The lowest BCUT2D eigenvalue weighted by Gasteiger charge is -2.15. The molecule has 7 heteroatoms. The molecule has 18 heavy (non-hydrogen) atoms. The highest BCUT2D eigenvalue weighted by molar-refractivity contribution is 7.89. The molecule has 1 N–H and O–H groups in total. The molecule has 0 spiro atoms. The van der Waals surface area contributed by atoms with Crippen molar-refractivity contribution in [2.45, 2.75) is 4.90 Å². The molecule has 1 aromatic carbocycles. The number of rotatable bonds is 4. The van der Waals surface area contributed by atoms with Gasteiger partial charge >= 0.3 is 0 Å². The first-order chi connectivity index (χ1) is 8.34. The molecule has 100 valence electrons. The average molecular weight is 272 g/mol. The Kier molecular flexibility index (Phi) is 4.31. The number of hydrogen-bond donors (Lipinski definition) is 1. The van der Waals surface area contributed by atoms with E-state index in [1.54, 1.807) is 0 Å². The normalized spacial score (nSPS) is 11.4. The van der Waals surface area contributed by atoms with Crippen molar-refractivity contribution < 1.29 is 17.9 Å². The van der Waals surface area contributed by atoms with Gasteiger partial charge in [0.1, 0.15) is 10.6 Å². The number of ether oxygens (including phenoxy) is 1. The summed E-state index contributed by atoms with van der Waals surface area (Å²) in [5.41, 5.74) is 0.263. The number of nitrogens with one attached hydrogen (secondary N) is 1. The molecule has 0 aliphatic rings.